The zero-order valence-electron chi connectivity index (χ0n) is 10.7. The molecule has 0 saturated carbocycles. The van der Waals surface area contributed by atoms with E-state index in [1.165, 1.54) is 12.8 Å². The van der Waals surface area contributed by atoms with Crippen LogP contribution in [-0.2, 0) is 4.79 Å². The molecule has 0 aromatic heterocycles. The van der Waals surface area contributed by atoms with Crippen molar-refractivity contribution in [2.45, 2.75) is 39.5 Å². The highest BCUT2D eigenvalue weighted by molar-refractivity contribution is 5.74. The highest BCUT2D eigenvalue weighted by Gasteiger charge is 2.06. The van der Waals surface area contributed by atoms with E-state index in [1.807, 2.05) is 24.3 Å². The number of hydrogen-bond donors (Lipinski definition) is 1. The minimum atomic E-state index is -0.201. The van der Waals surface area contributed by atoms with Crippen molar-refractivity contribution in [3.05, 3.63) is 24.3 Å². The first kappa shape index (κ1) is 13.6. The van der Waals surface area contributed by atoms with Gasteiger partial charge in [-0.1, -0.05) is 38.8 Å². The van der Waals surface area contributed by atoms with E-state index >= 15 is 0 Å². The van der Waals surface area contributed by atoms with Crippen LogP contribution in [0.25, 0.3) is 0 Å². The summed E-state index contributed by atoms with van der Waals surface area (Å²) in [6.45, 7) is 4.88. The number of esters is 1. The number of carbonyl (C=O) groups excluding carboxylic acids is 1. The summed E-state index contributed by atoms with van der Waals surface area (Å²) in [6, 6.07) is 7.56. The lowest BCUT2D eigenvalue weighted by molar-refractivity contribution is -0.133. The molecule has 94 valence electrons. The van der Waals surface area contributed by atoms with E-state index in [1.54, 1.807) is 6.92 Å². The van der Waals surface area contributed by atoms with Crippen LogP contribution in [0.3, 0.4) is 0 Å². The standard InChI is InChI=1S/C14H21NO2/c1-3-5-8-11-15-12-9-6-7-10-13(12)17-14(16)4-2/h6-7,9-10,15H,3-5,8,11H2,1-2H3. The first-order chi connectivity index (χ1) is 8.27. The SMILES string of the molecule is CCCCCNc1ccccc1OC(=O)CC. The van der Waals surface area contributed by atoms with Gasteiger partial charge in [0.1, 0.15) is 0 Å². The van der Waals surface area contributed by atoms with Gasteiger partial charge in [0, 0.05) is 13.0 Å². The molecule has 0 spiro atoms. The second kappa shape index (κ2) is 7.71. The van der Waals surface area contributed by atoms with Crippen LogP contribution in [0.2, 0.25) is 0 Å². The molecule has 1 N–H and O–H groups in total. The summed E-state index contributed by atoms with van der Waals surface area (Å²) in [5.74, 6) is 0.420. The predicted molar refractivity (Wildman–Crippen MR) is 70.4 cm³/mol. The van der Waals surface area contributed by atoms with Gasteiger partial charge in [-0.15, -0.1) is 0 Å². The number of hydrogen-bond acceptors (Lipinski definition) is 3. The molecule has 3 nitrogen and oxygen atoms in total. The summed E-state index contributed by atoms with van der Waals surface area (Å²) in [7, 11) is 0. The summed E-state index contributed by atoms with van der Waals surface area (Å²) in [5.41, 5.74) is 0.894. The molecule has 0 heterocycles. The van der Waals surface area contributed by atoms with Crippen molar-refractivity contribution < 1.29 is 9.53 Å². The van der Waals surface area contributed by atoms with Crippen molar-refractivity contribution in [2.24, 2.45) is 0 Å². The van der Waals surface area contributed by atoms with Crippen LogP contribution in [-0.4, -0.2) is 12.5 Å². The number of rotatable bonds is 7. The van der Waals surface area contributed by atoms with E-state index < -0.39 is 0 Å². The predicted octanol–water partition coefficient (Wildman–Crippen LogP) is 3.60. The molecular weight excluding hydrogens is 214 g/mol. The van der Waals surface area contributed by atoms with E-state index in [0.29, 0.717) is 12.2 Å². The number of nitrogens with one attached hydrogen (secondary N) is 1. The Morgan fingerprint density at radius 3 is 2.71 bits per heavy atom. The van der Waals surface area contributed by atoms with E-state index in [2.05, 4.69) is 12.2 Å². The zero-order valence-corrected chi connectivity index (χ0v) is 10.7. The first-order valence-electron chi connectivity index (χ1n) is 6.31. The Hall–Kier alpha value is -1.51. The minimum Gasteiger partial charge on any atom is -0.424 e. The fraction of sp³-hybridized carbons (Fsp3) is 0.500. The van der Waals surface area contributed by atoms with Crippen LogP contribution in [0.5, 0.6) is 5.75 Å². The molecule has 0 aliphatic rings. The molecule has 0 fully saturated rings. The molecule has 17 heavy (non-hydrogen) atoms. The van der Waals surface area contributed by atoms with Gasteiger partial charge in [0.15, 0.2) is 5.75 Å². The quantitative estimate of drug-likeness (QED) is 0.446. The minimum absolute atomic E-state index is 0.201. The molecule has 1 aromatic rings. The lowest BCUT2D eigenvalue weighted by Crippen LogP contribution is -2.09. The Morgan fingerprint density at radius 1 is 1.24 bits per heavy atom. The van der Waals surface area contributed by atoms with Crippen LogP contribution in [0.4, 0.5) is 5.69 Å². The molecule has 0 saturated heterocycles. The van der Waals surface area contributed by atoms with E-state index in [0.717, 1.165) is 18.7 Å². The number of anilines is 1. The molecule has 0 radical (unpaired) electrons. The van der Waals surface area contributed by atoms with Crippen LogP contribution in [0.1, 0.15) is 39.5 Å². The zero-order chi connectivity index (χ0) is 12.5. The van der Waals surface area contributed by atoms with Gasteiger partial charge in [-0.25, -0.2) is 0 Å². The van der Waals surface area contributed by atoms with Gasteiger partial charge in [0.2, 0.25) is 0 Å². The number of ether oxygens (including phenoxy) is 1. The Balaban J connectivity index is 2.54. The summed E-state index contributed by atoms with van der Waals surface area (Å²) in [5, 5.41) is 3.30. The van der Waals surface area contributed by atoms with Crippen molar-refractivity contribution in [1.29, 1.82) is 0 Å². The monoisotopic (exact) mass is 235 g/mol. The topological polar surface area (TPSA) is 38.3 Å². The van der Waals surface area contributed by atoms with Gasteiger partial charge in [0.25, 0.3) is 0 Å². The summed E-state index contributed by atoms with van der Waals surface area (Å²) >= 11 is 0. The molecule has 0 aliphatic carbocycles. The lowest BCUT2D eigenvalue weighted by Gasteiger charge is -2.11. The Morgan fingerprint density at radius 2 is 2.00 bits per heavy atom. The number of para-hydroxylation sites is 2. The molecule has 0 unspecified atom stereocenters. The fourth-order valence-electron chi connectivity index (χ4n) is 1.49. The summed E-state index contributed by atoms with van der Waals surface area (Å²) < 4.78 is 5.25. The van der Waals surface area contributed by atoms with Crippen molar-refractivity contribution in [2.75, 3.05) is 11.9 Å². The highest BCUT2D eigenvalue weighted by Crippen LogP contribution is 2.24. The van der Waals surface area contributed by atoms with Gasteiger partial charge in [-0.05, 0) is 18.6 Å². The van der Waals surface area contributed by atoms with E-state index in [-0.39, 0.29) is 5.97 Å². The molecule has 0 aliphatic heterocycles. The third-order valence-electron chi connectivity index (χ3n) is 2.50. The fourth-order valence-corrected chi connectivity index (χ4v) is 1.49. The summed E-state index contributed by atoms with van der Waals surface area (Å²) in [4.78, 5) is 11.3. The van der Waals surface area contributed by atoms with Gasteiger partial charge in [-0.3, -0.25) is 4.79 Å². The van der Waals surface area contributed by atoms with Crippen LogP contribution < -0.4 is 10.1 Å². The molecule has 1 aromatic carbocycles. The number of benzene rings is 1. The van der Waals surface area contributed by atoms with Crippen LogP contribution >= 0.6 is 0 Å². The Kier molecular flexibility index (Phi) is 6.15. The smallest absolute Gasteiger partial charge is 0.310 e. The maximum Gasteiger partial charge on any atom is 0.310 e. The second-order valence-electron chi connectivity index (χ2n) is 3.96. The Labute approximate surface area is 103 Å². The second-order valence-corrected chi connectivity index (χ2v) is 3.96. The average Bonchev–Trinajstić information content (AvgIpc) is 2.36. The average molecular weight is 235 g/mol. The van der Waals surface area contributed by atoms with Gasteiger partial charge in [-0.2, -0.15) is 0 Å². The molecule has 0 bridgehead atoms. The summed E-state index contributed by atoms with van der Waals surface area (Å²) in [6.07, 6.45) is 3.94. The first-order valence-corrected chi connectivity index (χ1v) is 6.31. The third-order valence-corrected chi connectivity index (χ3v) is 2.50. The molecular formula is C14H21NO2. The van der Waals surface area contributed by atoms with Gasteiger partial charge >= 0.3 is 5.97 Å². The van der Waals surface area contributed by atoms with Crippen LogP contribution in [0.15, 0.2) is 24.3 Å². The lowest BCUT2D eigenvalue weighted by atomic mass is 10.2. The van der Waals surface area contributed by atoms with E-state index in [4.69, 9.17) is 4.74 Å². The Bertz CT molecular complexity index is 350. The van der Waals surface area contributed by atoms with Gasteiger partial charge in [0.05, 0.1) is 5.69 Å². The normalized spacial score (nSPS) is 10.0. The maximum atomic E-state index is 11.3. The van der Waals surface area contributed by atoms with Crippen molar-refractivity contribution in [1.82, 2.24) is 0 Å². The highest BCUT2D eigenvalue weighted by atomic mass is 16.5. The third kappa shape index (κ3) is 4.89. The van der Waals surface area contributed by atoms with Crippen LogP contribution in [0, 0.1) is 0 Å². The van der Waals surface area contributed by atoms with Crippen molar-refractivity contribution in [3.63, 3.8) is 0 Å². The number of unbranched alkanes of at least 4 members (excludes halogenated alkanes) is 2. The molecule has 0 amide bonds. The van der Waals surface area contributed by atoms with Gasteiger partial charge < -0.3 is 10.1 Å². The largest absolute Gasteiger partial charge is 0.424 e. The maximum absolute atomic E-state index is 11.3. The molecule has 1 rings (SSSR count). The molecule has 3 heteroatoms. The van der Waals surface area contributed by atoms with Crippen molar-refractivity contribution in [3.8, 4) is 5.75 Å². The molecule has 0 atom stereocenters. The van der Waals surface area contributed by atoms with E-state index in [9.17, 15) is 4.79 Å². The van der Waals surface area contributed by atoms with Crippen molar-refractivity contribution >= 4 is 11.7 Å². The number of carbonyl (C=O) groups is 1.